The van der Waals surface area contributed by atoms with Gasteiger partial charge in [-0.25, -0.2) is 4.39 Å². The smallest absolute Gasteiger partial charge is 0.130 e. The number of rotatable bonds is 2. The molecule has 1 fully saturated rings. The van der Waals surface area contributed by atoms with Crippen LogP contribution in [0.3, 0.4) is 0 Å². The van der Waals surface area contributed by atoms with Crippen molar-refractivity contribution in [2.24, 2.45) is 5.92 Å². The molecule has 1 saturated heterocycles. The van der Waals surface area contributed by atoms with Crippen LogP contribution >= 0.6 is 12.4 Å². The molecule has 1 aliphatic rings. The molecule has 0 bridgehead atoms. The van der Waals surface area contributed by atoms with E-state index in [0.717, 1.165) is 36.1 Å². The highest BCUT2D eigenvalue weighted by Gasteiger charge is 2.19. The first-order valence-electron chi connectivity index (χ1n) is 7.16. The van der Waals surface area contributed by atoms with E-state index in [0.29, 0.717) is 17.5 Å². The van der Waals surface area contributed by atoms with Crippen molar-refractivity contribution in [3.05, 3.63) is 35.8 Å². The molecule has 0 spiro atoms. The first-order chi connectivity index (χ1) is 9.65. The van der Waals surface area contributed by atoms with Crippen LogP contribution in [0.25, 0.3) is 10.9 Å². The van der Waals surface area contributed by atoms with Gasteiger partial charge < -0.3 is 10.6 Å². The summed E-state index contributed by atoms with van der Waals surface area (Å²) in [5, 5.41) is 7.88. The Morgan fingerprint density at radius 2 is 2.19 bits per heavy atom. The third-order valence-electron chi connectivity index (χ3n) is 4.01. The minimum atomic E-state index is -0.199. The minimum Gasteiger partial charge on any atom is -0.380 e. The zero-order valence-corrected chi connectivity index (χ0v) is 13.1. The Bertz CT molecular complexity index is 632. The maximum Gasteiger partial charge on any atom is 0.130 e. The largest absolute Gasteiger partial charge is 0.380 e. The Morgan fingerprint density at radius 1 is 1.38 bits per heavy atom. The van der Waals surface area contributed by atoms with Crippen LogP contribution in [0, 0.1) is 18.7 Å². The lowest BCUT2D eigenvalue weighted by Gasteiger charge is -2.29. The maximum atomic E-state index is 14.0. The average Bonchev–Trinajstić information content (AvgIpc) is 2.45. The van der Waals surface area contributed by atoms with E-state index in [2.05, 4.69) is 22.5 Å². The summed E-state index contributed by atoms with van der Waals surface area (Å²) in [6, 6.07) is 5.83. The highest BCUT2D eigenvalue weighted by molar-refractivity contribution is 5.93. The number of piperidine rings is 1. The van der Waals surface area contributed by atoms with Gasteiger partial charge in [0, 0.05) is 35.4 Å². The number of anilines is 1. The molecule has 3 rings (SSSR count). The number of nitrogens with zero attached hydrogens (tertiary/aromatic N) is 1. The Balaban J connectivity index is 0.00000161. The molecule has 2 N–H and O–H groups in total. The van der Waals surface area contributed by atoms with Gasteiger partial charge in [-0.3, -0.25) is 4.98 Å². The zero-order chi connectivity index (χ0) is 14.1. The lowest BCUT2D eigenvalue weighted by molar-refractivity contribution is 0.378. The van der Waals surface area contributed by atoms with Crippen molar-refractivity contribution in [3.8, 4) is 0 Å². The number of halogens is 2. The second-order valence-corrected chi connectivity index (χ2v) is 5.77. The summed E-state index contributed by atoms with van der Waals surface area (Å²) >= 11 is 0. The molecule has 5 heteroatoms. The monoisotopic (exact) mass is 309 g/mol. The molecular weight excluding hydrogens is 289 g/mol. The van der Waals surface area contributed by atoms with Gasteiger partial charge >= 0.3 is 0 Å². The van der Waals surface area contributed by atoms with Crippen molar-refractivity contribution < 1.29 is 4.39 Å². The fourth-order valence-corrected chi connectivity index (χ4v) is 2.95. The van der Waals surface area contributed by atoms with Gasteiger partial charge in [-0.2, -0.15) is 0 Å². The second kappa shape index (κ2) is 6.58. The summed E-state index contributed by atoms with van der Waals surface area (Å²) < 4.78 is 14.0. The van der Waals surface area contributed by atoms with Gasteiger partial charge in [-0.05, 0) is 44.0 Å². The number of aromatic nitrogens is 1. The molecule has 2 aromatic rings. The van der Waals surface area contributed by atoms with Crippen molar-refractivity contribution in [1.82, 2.24) is 10.3 Å². The number of hydrogen-bond acceptors (Lipinski definition) is 3. The molecule has 0 radical (unpaired) electrons. The lowest BCUT2D eigenvalue weighted by atomic mass is 9.97. The summed E-state index contributed by atoms with van der Waals surface area (Å²) in [6.45, 7) is 5.99. The fourth-order valence-electron chi connectivity index (χ4n) is 2.95. The van der Waals surface area contributed by atoms with E-state index in [4.69, 9.17) is 0 Å². The molecule has 3 nitrogen and oxygen atoms in total. The number of benzene rings is 1. The molecule has 2 atom stereocenters. The van der Waals surface area contributed by atoms with E-state index in [-0.39, 0.29) is 18.2 Å². The van der Waals surface area contributed by atoms with Crippen LogP contribution in [0.2, 0.25) is 0 Å². The third-order valence-corrected chi connectivity index (χ3v) is 4.01. The van der Waals surface area contributed by atoms with Gasteiger partial charge in [0.25, 0.3) is 0 Å². The van der Waals surface area contributed by atoms with E-state index in [9.17, 15) is 4.39 Å². The summed E-state index contributed by atoms with van der Waals surface area (Å²) in [7, 11) is 0. The molecule has 2 heterocycles. The van der Waals surface area contributed by atoms with Crippen LogP contribution in [0.4, 0.5) is 10.1 Å². The lowest BCUT2D eigenvalue weighted by Crippen LogP contribution is -2.42. The molecule has 1 aromatic carbocycles. The van der Waals surface area contributed by atoms with Crippen LogP contribution in [0.5, 0.6) is 0 Å². The predicted octanol–water partition coefficient (Wildman–Crippen LogP) is 3.51. The van der Waals surface area contributed by atoms with Gasteiger partial charge in [0.2, 0.25) is 0 Å². The third kappa shape index (κ3) is 3.27. The first kappa shape index (κ1) is 16.0. The van der Waals surface area contributed by atoms with Crippen LogP contribution in [-0.4, -0.2) is 24.1 Å². The molecule has 1 aromatic heterocycles. The highest BCUT2D eigenvalue weighted by Crippen LogP contribution is 2.28. The normalized spacial score (nSPS) is 21.9. The van der Waals surface area contributed by atoms with Crippen molar-refractivity contribution in [2.75, 3.05) is 18.4 Å². The molecule has 0 aliphatic carbocycles. The Morgan fingerprint density at radius 3 is 2.95 bits per heavy atom. The van der Waals surface area contributed by atoms with E-state index in [1.54, 1.807) is 19.2 Å². The van der Waals surface area contributed by atoms with Crippen LogP contribution < -0.4 is 10.6 Å². The van der Waals surface area contributed by atoms with E-state index < -0.39 is 0 Å². The highest BCUT2D eigenvalue weighted by atomic mass is 35.5. The van der Waals surface area contributed by atoms with Gasteiger partial charge in [0.05, 0.1) is 5.52 Å². The van der Waals surface area contributed by atoms with Crippen molar-refractivity contribution in [1.29, 1.82) is 0 Å². The van der Waals surface area contributed by atoms with Crippen molar-refractivity contribution >= 4 is 29.0 Å². The summed E-state index contributed by atoms with van der Waals surface area (Å²) in [5.74, 6) is 0.441. The molecular formula is C16H21ClFN3. The average molecular weight is 310 g/mol. The number of pyridine rings is 1. The molecule has 0 unspecified atom stereocenters. The van der Waals surface area contributed by atoms with Crippen LogP contribution in [-0.2, 0) is 0 Å². The van der Waals surface area contributed by atoms with Crippen LogP contribution in [0.1, 0.15) is 18.9 Å². The first-order valence-corrected chi connectivity index (χ1v) is 7.16. The molecule has 0 saturated carbocycles. The maximum absolute atomic E-state index is 14.0. The fraction of sp³-hybridized carbons (Fsp3) is 0.438. The van der Waals surface area contributed by atoms with E-state index >= 15 is 0 Å². The number of hydrogen-bond donors (Lipinski definition) is 2. The number of nitrogens with one attached hydrogen (secondary N) is 2. The minimum absolute atomic E-state index is 0. The van der Waals surface area contributed by atoms with Crippen LogP contribution in [0.15, 0.2) is 24.4 Å². The van der Waals surface area contributed by atoms with Crippen molar-refractivity contribution in [3.63, 3.8) is 0 Å². The quantitative estimate of drug-likeness (QED) is 0.891. The van der Waals surface area contributed by atoms with Crippen molar-refractivity contribution in [2.45, 2.75) is 26.3 Å². The van der Waals surface area contributed by atoms with E-state index in [1.807, 2.05) is 12.1 Å². The van der Waals surface area contributed by atoms with Gasteiger partial charge in [0.15, 0.2) is 0 Å². The topological polar surface area (TPSA) is 37.0 Å². The van der Waals surface area contributed by atoms with Gasteiger partial charge in [0.1, 0.15) is 5.82 Å². The number of aryl methyl sites for hydroxylation is 1. The molecule has 0 amide bonds. The Hall–Kier alpha value is -1.39. The predicted molar refractivity (Wildman–Crippen MR) is 87.7 cm³/mol. The zero-order valence-electron chi connectivity index (χ0n) is 12.3. The Labute approximate surface area is 130 Å². The summed E-state index contributed by atoms with van der Waals surface area (Å²) in [6.07, 6.45) is 2.81. The standard InChI is InChI=1S/C16H20FN3.ClH/c1-10-6-12(9-18-8-10)20-15-7-14(17)11(2)16-13(15)4-3-5-19-16;/h3-5,7,10,12,18,20H,6,8-9H2,1-2H3;1H/t10-,12-;/m0./s1. The number of fused-ring (bicyclic) bond motifs is 1. The Kier molecular flexibility index (Phi) is 5.01. The molecule has 114 valence electrons. The second-order valence-electron chi connectivity index (χ2n) is 5.77. The summed E-state index contributed by atoms with van der Waals surface area (Å²) in [4.78, 5) is 4.31. The summed E-state index contributed by atoms with van der Waals surface area (Å²) in [5.41, 5.74) is 2.20. The van der Waals surface area contributed by atoms with Gasteiger partial charge in [-0.15, -0.1) is 12.4 Å². The SMILES string of the molecule is Cc1c(F)cc(N[C@@H]2CNC[C@@H](C)C2)c2cccnc12.Cl. The molecule has 1 aliphatic heterocycles. The molecule has 21 heavy (non-hydrogen) atoms. The van der Waals surface area contributed by atoms with Gasteiger partial charge in [-0.1, -0.05) is 6.92 Å². The van der Waals surface area contributed by atoms with E-state index in [1.165, 1.54) is 0 Å².